The van der Waals surface area contributed by atoms with E-state index in [-0.39, 0.29) is 36.0 Å². The first-order valence-corrected chi connectivity index (χ1v) is 7.98. The van der Waals surface area contributed by atoms with E-state index in [1.807, 2.05) is 0 Å². The highest BCUT2D eigenvalue weighted by atomic mass is 35.5. The Morgan fingerprint density at radius 1 is 1.30 bits per heavy atom. The van der Waals surface area contributed by atoms with Gasteiger partial charge in [0.15, 0.2) is 0 Å². The lowest BCUT2D eigenvalue weighted by Crippen LogP contribution is -2.48. The van der Waals surface area contributed by atoms with Crippen molar-refractivity contribution in [2.45, 2.75) is 38.1 Å². The minimum Gasteiger partial charge on any atom is -0.497 e. The van der Waals surface area contributed by atoms with Gasteiger partial charge >= 0.3 is 0 Å². The van der Waals surface area contributed by atoms with Gasteiger partial charge in [-0.3, -0.25) is 4.79 Å². The van der Waals surface area contributed by atoms with Crippen molar-refractivity contribution in [1.29, 1.82) is 0 Å². The minimum atomic E-state index is -0.443. The lowest BCUT2D eigenvalue weighted by Gasteiger charge is -2.43. The first-order valence-electron chi connectivity index (χ1n) is 7.98. The van der Waals surface area contributed by atoms with Gasteiger partial charge in [-0.25, -0.2) is 4.39 Å². The summed E-state index contributed by atoms with van der Waals surface area (Å²) < 4.78 is 18.9. The average Bonchev–Trinajstić information content (AvgIpc) is 2.49. The molecule has 0 aliphatic heterocycles. The van der Waals surface area contributed by atoms with E-state index in [0.29, 0.717) is 17.6 Å². The molecule has 128 valence electrons. The van der Waals surface area contributed by atoms with Gasteiger partial charge in [0.25, 0.3) is 0 Å². The van der Waals surface area contributed by atoms with Crippen LogP contribution in [0, 0.1) is 23.6 Å². The van der Waals surface area contributed by atoms with Crippen LogP contribution in [-0.2, 0) is 4.79 Å². The Morgan fingerprint density at radius 3 is 2.57 bits per heavy atom. The van der Waals surface area contributed by atoms with Crippen molar-refractivity contribution >= 4 is 24.0 Å². The fraction of sp³-hybridized carbons (Fsp3) is 0.588. The molecule has 1 aromatic rings. The third-order valence-corrected chi connectivity index (χ3v) is 5.22. The van der Waals surface area contributed by atoms with Gasteiger partial charge in [-0.2, -0.15) is 0 Å². The molecule has 1 amide bonds. The summed E-state index contributed by atoms with van der Waals surface area (Å²) in [5, 5.41) is 2.72. The first-order chi connectivity index (χ1) is 10.6. The molecule has 2 aliphatic carbocycles. The number of benzene rings is 1. The quantitative estimate of drug-likeness (QED) is 0.885. The second kappa shape index (κ2) is 7.49. The zero-order valence-electron chi connectivity index (χ0n) is 13.3. The molecule has 6 heteroatoms. The Kier molecular flexibility index (Phi) is 5.87. The number of hydrogen-bond donors (Lipinski definition) is 2. The second-order valence-electron chi connectivity index (χ2n) is 6.53. The smallest absolute Gasteiger partial charge is 0.227 e. The normalized spacial score (nSPS) is 29.3. The molecular weight excluding hydrogens is 319 g/mol. The number of anilines is 1. The summed E-state index contributed by atoms with van der Waals surface area (Å²) in [7, 11) is 1.52. The maximum absolute atomic E-state index is 13.8. The molecule has 3 rings (SSSR count). The molecule has 2 saturated carbocycles. The van der Waals surface area contributed by atoms with E-state index in [1.165, 1.54) is 31.7 Å². The molecule has 0 radical (unpaired) electrons. The largest absolute Gasteiger partial charge is 0.497 e. The van der Waals surface area contributed by atoms with E-state index in [0.717, 1.165) is 25.7 Å². The number of amides is 1. The first kappa shape index (κ1) is 18.0. The maximum atomic E-state index is 13.8. The van der Waals surface area contributed by atoms with E-state index < -0.39 is 5.82 Å². The zero-order valence-corrected chi connectivity index (χ0v) is 14.1. The van der Waals surface area contributed by atoms with Gasteiger partial charge in [0.05, 0.1) is 12.8 Å². The van der Waals surface area contributed by atoms with Crippen molar-refractivity contribution in [3.63, 3.8) is 0 Å². The van der Waals surface area contributed by atoms with Crippen molar-refractivity contribution in [3.8, 4) is 5.75 Å². The summed E-state index contributed by atoms with van der Waals surface area (Å²) in [6.07, 6.45) is 5.05. The SMILES string of the molecule is COc1ccc(F)c(NC(=O)C2CC3CCCC(C2)C3N)c1.Cl. The molecule has 0 spiro atoms. The molecule has 2 aliphatic rings. The Morgan fingerprint density at radius 2 is 1.96 bits per heavy atom. The number of nitrogens with two attached hydrogens (primary N) is 1. The average molecular weight is 343 g/mol. The minimum absolute atomic E-state index is 0. The molecule has 23 heavy (non-hydrogen) atoms. The third-order valence-electron chi connectivity index (χ3n) is 5.22. The van der Waals surface area contributed by atoms with Crippen LogP contribution in [-0.4, -0.2) is 19.1 Å². The molecule has 3 N–H and O–H groups in total. The van der Waals surface area contributed by atoms with Gasteiger partial charge in [-0.05, 0) is 49.7 Å². The van der Waals surface area contributed by atoms with Crippen molar-refractivity contribution in [3.05, 3.63) is 24.0 Å². The second-order valence-corrected chi connectivity index (χ2v) is 6.53. The number of fused-ring (bicyclic) bond motifs is 2. The van der Waals surface area contributed by atoms with Gasteiger partial charge in [0.1, 0.15) is 11.6 Å². The summed E-state index contributed by atoms with van der Waals surface area (Å²) in [6, 6.07) is 4.59. The van der Waals surface area contributed by atoms with Crippen LogP contribution < -0.4 is 15.8 Å². The summed E-state index contributed by atoms with van der Waals surface area (Å²) in [6.45, 7) is 0. The number of carbonyl (C=O) groups excluding carboxylic acids is 1. The lowest BCUT2D eigenvalue weighted by molar-refractivity contribution is -0.122. The van der Waals surface area contributed by atoms with Crippen LogP contribution in [0.15, 0.2) is 18.2 Å². The molecule has 1 aromatic carbocycles. The predicted molar refractivity (Wildman–Crippen MR) is 90.4 cm³/mol. The fourth-order valence-corrected chi connectivity index (χ4v) is 3.97. The molecular formula is C17H24ClFN2O2. The maximum Gasteiger partial charge on any atom is 0.227 e. The number of rotatable bonds is 3. The van der Waals surface area contributed by atoms with Crippen LogP contribution in [0.1, 0.15) is 32.1 Å². The highest BCUT2D eigenvalue weighted by Crippen LogP contribution is 2.42. The fourth-order valence-electron chi connectivity index (χ4n) is 3.97. The predicted octanol–water partition coefficient (Wildman–Crippen LogP) is 3.35. The molecule has 4 nitrogen and oxygen atoms in total. The Bertz CT molecular complexity index is 556. The Hall–Kier alpha value is -1.33. The van der Waals surface area contributed by atoms with Crippen LogP contribution in [0.4, 0.5) is 10.1 Å². The van der Waals surface area contributed by atoms with E-state index in [1.54, 1.807) is 0 Å². The van der Waals surface area contributed by atoms with Crippen LogP contribution in [0.5, 0.6) is 5.75 Å². The lowest BCUT2D eigenvalue weighted by atomic mass is 9.65. The number of ether oxygens (including phenoxy) is 1. The monoisotopic (exact) mass is 342 g/mol. The van der Waals surface area contributed by atoms with Gasteiger partial charge in [-0.15, -0.1) is 12.4 Å². The van der Waals surface area contributed by atoms with Crippen LogP contribution in [0.25, 0.3) is 0 Å². The summed E-state index contributed by atoms with van der Waals surface area (Å²) >= 11 is 0. The standard InChI is InChI=1S/C17H23FN2O2.ClH/c1-22-13-5-6-14(18)15(9-13)20-17(21)12-7-10-3-2-4-11(8-12)16(10)19;/h5-6,9-12,16H,2-4,7-8,19H2,1H3,(H,20,21);1H. The number of carbonyl (C=O) groups is 1. The molecule has 2 bridgehead atoms. The molecule has 2 atom stereocenters. The summed E-state index contributed by atoms with van der Waals surface area (Å²) in [4.78, 5) is 12.5. The highest BCUT2D eigenvalue weighted by molar-refractivity contribution is 5.93. The van der Waals surface area contributed by atoms with Crippen molar-refractivity contribution in [2.24, 2.45) is 23.5 Å². The number of methoxy groups -OCH3 is 1. The van der Waals surface area contributed by atoms with Crippen molar-refractivity contribution in [2.75, 3.05) is 12.4 Å². The summed E-state index contributed by atoms with van der Waals surface area (Å²) in [5.41, 5.74) is 6.44. The van der Waals surface area contributed by atoms with Crippen LogP contribution in [0.3, 0.4) is 0 Å². The number of halogens is 2. The number of hydrogen-bond acceptors (Lipinski definition) is 3. The van der Waals surface area contributed by atoms with E-state index in [4.69, 9.17) is 10.5 Å². The van der Waals surface area contributed by atoms with Crippen LogP contribution >= 0.6 is 12.4 Å². The molecule has 2 unspecified atom stereocenters. The van der Waals surface area contributed by atoms with Gasteiger partial charge in [0.2, 0.25) is 5.91 Å². The van der Waals surface area contributed by atoms with Gasteiger partial charge < -0.3 is 15.8 Å². The molecule has 0 heterocycles. The Balaban J connectivity index is 0.00000192. The molecule has 0 saturated heterocycles. The molecule has 2 fully saturated rings. The highest BCUT2D eigenvalue weighted by Gasteiger charge is 2.40. The van der Waals surface area contributed by atoms with Crippen molar-refractivity contribution < 1.29 is 13.9 Å². The molecule has 0 aromatic heterocycles. The number of nitrogens with one attached hydrogen (secondary N) is 1. The van der Waals surface area contributed by atoms with Crippen molar-refractivity contribution in [1.82, 2.24) is 0 Å². The van der Waals surface area contributed by atoms with Crippen LogP contribution in [0.2, 0.25) is 0 Å². The third kappa shape index (κ3) is 3.78. The van der Waals surface area contributed by atoms with Gasteiger partial charge in [-0.1, -0.05) is 6.42 Å². The van der Waals surface area contributed by atoms with E-state index in [2.05, 4.69) is 5.32 Å². The van der Waals surface area contributed by atoms with E-state index in [9.17, 15) is 9.18 Å². The zero-order chi connectivity index (χ0) is 15.7. The topological polar surface area (TPSA) is 64.3 Å². The van der Waals surface area contributed by atoms with E-state index >= 15 is 0 Å². The summed E-state index contributed by atoms with van der Waals surface area (Å²) in [5.74, 6) is 0.773. The van der Waals surface area contributed by atoms with Gasteiger partial charge in [0, 0.05) is 18.0 Å². The Labute approximate surface area is 142 Å².